The molecule has 110 valence electrons. The highest BCUT2D eigenvalue weighted by atomic mass is 19.2. The van der Waals surface area contributed by atoms with Crippen molar-refractivity contribution in [1.82, 2.24) is 4.90 Å². The molecule has 1 N–H and O–H groups in total. The molecule has 0 aliphatic carbocycles. The van der Waals surface area contributed by atoms with Crippen molar-refractivity contribution in [2.24, 2.45) is 0 Å². The molecule has 0 bridgehead atoms. The maximum Gasteiger partial charge on any atom is 0.238 e. The van der Waals surface area contributed by atoms with Crippen LogP contribution < -0.4 is 5.32 Å². The zero-order chi connectivity index (χ0) is 14.7. The first-order chi connectivity index (χ1) is 9.44. The Morgan fingerprint density at radius 2 is 1.95 bits per heavy atom. The van der Waals surface area contributed by atoms with E-state index < -0.39 is 11.6 Å². The number of carbonyl (C=O) groups excluding carboxylic acids is 1. The van der Waals surface area contributed by atoms with Crippen molar-refractivity contribution in [3.8, 4) is 0 Å². The molecule has 1 aromatic carbocycles. The molecule has 1 heterocycles. The Balaban J connectivity index is 1.90. The molecule has 4 nitrogen and oxygen atoms in total. The van der Waals surface area contributed by atoms with Crippen LogP contribution in [0.5, 0.6) is 0 Å². The quantitative estimate of drug-likeness (QED) is 0.923. The second-order valence-corrected chi connectivity index (χ2v) is 5.13. The van der Waals surface area contributed by atoms with Crippen molar-refractivity contribution >= 4 is 11.6 Å². The van der Waals surface area contributed by atoms with Gasteiger partial charge in [-0.25, -0.2) is 8.78 Å². The van der Waals surface area contributed by atoms with Gasteiger partial charge in [-0.15, -0.1) is 0 Å². The van der Waals surface area contributed by atoms with Gasteiger partial charge >= 0.3 is 0 Å². The molecule has 2 atom stereocenters. The topological polar surface area (TPSA) is 41.6 Å². The van der Waals surface area contributed by atoms with Gasteiger partial charge in [-0.2, -0.15) is 0 Å². The SMILES string of the molecule is CC1CN(CC(=O)Nc2ccc(F)c(F)c2)CC(C)O1. The predicted octanol–water partition coefficient (Wildman–Crippen LogP) is 2.01. The minimum absolute atomic E-state index is 0.0785. The molecule has 0 saturated carbocycles. The van der Waals surface area contributed by atoms with E-state index in [9.17, 15) is 13.6 Å². The summed E-state index contributed by atoms with van der Waals surface area (Å²) in [6.45, 7) is 5.47. The number of nitrogens with one attached hydrogen (secondary N) is 1. The Morgan fingerprint density at radius 1 is 1.30 bits per heavy atom. The number of ether oxygens (including phenoxy) is 1. The van der Waals surface area contributed by atoms with Crippen molar-refractivity contribution < 1.29 is 18.3 Å². The van der Waals surface area contributed by atoms with Crippen LogP contribution >= 0.6 is 0 Å². The molecule has 2 unspecified atom stereocenters. The Morgan fingerprint density at radius 3 is 2.55 bits per heavy atom. The number of carbonyl (C=O) groups is 1. The molecule has 1 fully saturated rings. The standard InChI is InChI=1S/C14H18F2N2O2/c1-9-6-18(7-10(2)20-9)8-14(19)17-11-3-4-12(15)13(16)5-11/h3-5,9-10H,6-8H2,1-2H3,(H,17,19). The first-order valence-corrected chi connectivity index (χ1v) is 6.56. The first-order valence-electron chi connectivity index (χ1n) is 6.56. The molecule has 1 saturated heterocycles. The number of hydrogen-bond donors (Lipinski definition) is 1. The van der Waals surface area contributed by atoms with E-state index in [4.69, 9.17) is 4.74 Å². The lowest BCUT2D eigenvalue weighted by molar-refractivity contribution is -0.121. The monoisotopic (exact) mass is 284 g/mol. The highest BCUT2D eigenvalue weighted by Gasteiger charge is 2.23. The normalized spacial score (nSPS) is 23.6. The van der Waals surface area contributed by atoms with Gasteiger partial charge in [-0.05, 0) is 26.0 Å². The molecule has 1 aliphatic rings. The Kier molecular flexibility index (Phi) is 4.67. The molecule has 6 heteroatoms. The van der Waals surface area contributed by atoms with E-state index in [1.54, 1.807) is 0 Å². The zero-order valence-corrected chi connectivity index (χ0v) is 11.5. The van der Waals surface area contributed by atoms with Crippen LogP contribution in [0.4, 0.5) is 14.5 Å². The zero-order valence-electron chi connectivity index (χ0n) is 11.5. The van der Waals surface area contributed by atoms with Gasteiger partial charge in [-0.1, -0.05) is 0 Å². The van der Waals surface area contributed by atoms with Crippen LogP contribution in [0.15, 0.2) is 18.2 Å². The fraction of sp³-hybridized carbons (Fsp3) is 0.500. The highest BCUT2D eigenvalue weighted by molar-refractivity contribution is 5.92. The number of hydrogen-bond acceptors (Lipinski definition) is 3. The van der Waals surface area contributed by atoms with Gasteiger partial charge in [0.1, 0.15) is 0 Å². The van der Waals surface area contributed by atoms with Crippen LogP contribution in [0.25, 0.3) is 0 Å². The lowest BCUT2D eigenvalue weighted by Gasteiger charge is -2.34. The fourth-order valence-corrected chi connectivity index (χ4v) is 2.39. The van der Waals surface area contributed by atoms with Gasteiger partial charge in [0.2, 0.25) is 5.91 Å². The smallest absolute Gasteiger partial charge is 0.238 e. The summed E-state index contributed by atoms with van der Waals surface area (Å²) in [4.78, 5) is 13.9. The van der Waals surface area contributed by atoms with E-state index in [1.165, 1.54) is 6.07 Å². The molecule has 1 amide bonds. The van der Waals surface area contributed by atoms with Crippen LogP contribution in [0.3, 0.4) is 0 Å². The fourth-order valence-electron chi connectivity index (χ4n) is 2.39. The van der Waals surface area contributed by atoms with Crippen LogP contribution in [0.1, 0.15) is 13.8 Å². The summed E-state index contributed by atoms with van der Waals surface area (Å²) in [5.41, 5.74) is 0.253. The van der Waals surface area contributed by atoms with Crippen molar-refractivity contribution in [3.63, 3.8) is 0 Å². The summed E-state index contributed by atoms with van der Waals surface area (Å²) in [5, 5.41) is 2.56. The maximum absolute atomic E-state index is 13.0. The summed E-state index contributed by atoms with van der Waals surface area (Å²) in [6.07, 6.45) is 0.157. The summed E-state index contributed by atoms with van der Waals surface area (Å²) < 4.78 is 31.4. The average molecular weight is 284 g/mol. The minimum atomic E-state index is -0.976. The van der Waals surface area contributed by atoms with Gasteiger partial charge in [0, 0.05) is 24.8 Å². The molecule has 2 rings (SSSR count). The number of halogens is 2. The van der Waals surface area contributed by atoms with Crippen LogP contribution in [0, 0.1) is 11.6 Å². The van der Waals surface area contributed by atoms with Crippen molar-refractivity contribution in [3.05, 3.63) is 29.8 Å². The molecular formula is C14H18F2N2O2. The van der Waals surface area contributed by atoms with Crippen LogP contribution in [-0.2, 0) is 9.53 Å². The summed E-state index contributed by atoms with van der Waals surface area (Å²) in [6, 6.07) is 3.29. The summed E-state index contributed by atoms with van der Waals surface area (Å²) >= 11 is 0. The molecular weight excluding hydrogens is 266 g/mol. The van der Waals surface area contributed by atoms with Gasteiger partial charge in [-0.3, -0.25) is 9.69 Å². The van der Waals surface area contributed by atoms with Gasteiger partial charge < -0.3 is 10.1 Å². The molecule has 0 radical (unpaired) electrons. The van der Waals surface area contributed by atoms with E-state index >= 15 is 0 Å². The van der Waals surface area contributed by atoms with Crippen molar-refractivity contribution in [2.75, 3.05) is 25.0 Å². The van der Waals surface area contributed by atoms with Gasteiger partial charge in [0.25, 0.3) is 0 Å². The van der Waals surface area contributed by atoms with Gasteiger partial charge in [0.15, 0.2) is 11.6 Å². The average Bonchev–Trinajstić information content (AvgIpc) is 2.32. The highest BCUT2D eigenvalue weighted by Crippen LogP contribution is 2.14. The van der Waals surface area contributed by atoms with E-state index in [0.29, 0.717) is 13.1 Å². The predicted molar refractivity (Wildman–Crippen MR) is 71.4 cm³/mol. The maximum atomic E-state index is 13.0. The first kappa shape index (κ1) is 14.9. The molecule has 0 aromatic heterocycles. The number of anilines is 1. The van der Waals surface area contributed by atoms with Crippen LogP contribution in [-0.4, -0.2) is 42.6 Å². The third kappa shape index (κ3) is 3.98. The Hall–Kier alpha value is -1.53. The lowest BCUT2D eigenvalue weighted by Crippen LogP contribution is -2.48. The third-order valence-electron chi connectivity index (χ3n) is 3.07. The van der Waals surface area contributed by atoms with Gasteiger partial charge in [0.05, 0.1) is 18.8 Å². The molecule has 0 spiro atoms. The number of morpholine rings is 1. The van der Waals surface area contributed by atoms with Crippen molar-refractivity contribution in [2.45, 2.75) is 26.1 Å². The Labute approximate surface area is 116 Å². The largest absolute Gasteiger partial charge is 0.373 e. The second kappa shape index (κ2) is 6.28. The van der Waals surface area contributed by atoms with Crippen molar-refractivity contribution in [1.29, 1.82) is 0 Å². The Bertz CT molecular complexity index is 486. The van der Waals surface area contributed by atoms with E-state index in [2.05, 4.69) is 5.32 Å². The van der Waals surface area contributed by atoms with E-state index in [-0.39, 0.29) is 30.3 Å². The number of amides is 1. The lowest BCUT2D eigenvalue weighted by atomic mass is 10.2. The summed E-state index contributed by atoms with van der Waals surface area (Å²) in [5.74, 6) is -2.16. The molecule has 1 aliphatic heterocycles. The van der Waals surface area contributed by atoms with E-state index in [0.717, 1.165) is 12.1 Å². The second-order valence-electron chi connectivity index (χ2n) is 5.13. The molecule has 1 aromatic rings. The number of nitrogens with zero attached hydrogens (tertiary/aromatic N) is 1. The molecule has 20 heavy (non-hydrogen) atoms. The third-order valence-corrected chi connectivity index (χ3v) is 3.07. The number of benzene rings is 1. The summed E-state index contributed by atoms with van der Waals surface area (Å²) in [7, 11) is 0. The van der Waals surface area contributed by atoms with E-state index in [1.807, 2.05) is 18.7 Å². The number of rotatable bonds is 3. The van der Waals surface area contributed by atoms with Crippen LogP contribution in [0.2, 0.25) is 0 Å². The minimum Gasteiger partial charge on any atom is -0.373 e.